The van der Waals surface area contributed by atoms with Crippen molar-refractivity contribution < 1.29 is 18.0 Å². The second kappa shape index (κ2) is 4.63. The third-order valence-corrected chi connectivity index (χ3v) is 2.25. The van der Waals surface area contributed by atoms with Gasteiger partial charge in [0.05, 0.1) is 0 Å². The molecular weight excluding hydrogens is 219 g/mol. The van der Waals surface area contributed by atoms with E-state index in [1.165, 1.54) is 6.92 Å². The summed E-state index contributed by atoms with van der Waals surface area (Å²) >= 11 is 0. The van der Waals surface area contributed by atoms with Gasteiger partial charge in [-0.15, -0.1) is 0 Å². The molecule has 0 aliphatic carbocycles. The summed E-state index contributed by atoms with van der Waals surface area (Å²) < 4.78 is 37.3. The van der Waals surface area contributed by atoms with Crippen LogP contribution >= 0.6 is 0 Å². The molecule has 1 heterocycles. The molecule has 1 aliphatic heterocycles. The highest BCUT2D eigenvalue weighted by Crippen LogP contribution is 2.24. The highest BCUT2D eigenvalue weighted by molar-refractivity contribution is 5.97. The largest absolute Gasteiger partial charge is 0.429 e. The number of rotatable bonds is 1. The summed E-state index contributed by atoms with van der Waals surface area (Å²) in [6.45, 7) is 3.01. The molecule has 0 unspecified atom stereocenters. The van der Waals surface area contributed by atoms with Crippen LogP contribution in [0.3, 0.4) is 0 Å². The standard InChI is InChI=1S/C11H12F3NO/c1-7-3-4-10(11(12,13)14)15-6-9(5-7)8(2)16/h5-6H,3-4H2,1-2H3. The fraction of sp³-hybridized carbons (Fsp3) is 0.455. The quantitative estimate of drug-likeness (QED) is 0.681. The van der Waals surface area contributed by atoms with Crippen LogP contribution in [0.1, 0.15) is 26.7 Å². The second-order valence-corrected chi connectivity index (χ2v) is 3.70. The lowest BCUT2D eigenvalue weighted by Crippen LogP contribution is -2.23. The van der Waals surface area contributed by atoms with E-state index in [1.807, 2.05) is 0 Å². The Labute approximate surface area is 91.6 Å². The van der Waals surface area contributed by atoms with Crippen LogP contribution in [0.4, 0.5) is 13.2 Å². The van der Waals surface area contributed by atoms with Crippen LogP contribution in [0.5, 0.6) is 0 Å². The smallest absolute Gasteiger partial charge is 0.294 e. The first-order valence-electron chi connectivity index (χ1n) is 4.83. The third kappa shape index (κ3) is 3.32. The molecule has 0 fully saturated rings. The summed E-state index contributed by atoms with van der Waals surface area (Å²) in [5.74, 6) is -0.286. The van der Waals surface area contributed by atoms with Crippen molar-refractivity contribution in [3.63, 3.8) is 0 Å². The van der Waals surface area contributed by atoms with E-state index in [4.69, 9.17) is 0 Å². The zero-order chi connectivity index (χ0) is 12.3. The van der Waals surface area contributed by atoms with Gasteiger partial charge in [0.25, 0.3) is 0 Å². The van der Waals surface area contributed by atoms with E-state index in [9.17, 15) is 18.0 Å². The Bertz CT molecular complexity index is 389. The Morgan fingerprint density at radius 2 is 2.00 bits per heavy atom. The number of hydrogen-bond donors (Lipinski definition) is 0. The van der Waals surface area contributed by atoms with E-state index >= 15 is 0 Å². The molecule has 0 bridgehead atoms. The molecule has 2 nitrogen and oxygen atoms in total. The molecule has 16 heavy (non-hydrogen) atoms. The first-order valence-corrected chi connectivity index (χ1v) is 4.83. The van der Waals surface area contributed by atoms with Crippen LogP contribution in [0.2, 0.25) is 0 Å². The van der Waals surface area contributed by atoms with E-state index < -0.39 is 11.9 Å². The van der Waals surface area contributed by atoms with Crippen molar-refractivity contribution in [2.24, 2.45) is 4.99 Å². The number of allylic oxidation sites excluding steroid dienone is 3. The molecule has 0 N–H and O–H groups in total. The molecule has 0 saturated heterocycles. The van der Waals surface area contributed by atoms with Gasteiger partial charge in [0.2, 0.25) is 0 Å². The van der Waals surface area contributed by atoms with E-state index in [1.54, 1.807) is 13.0 Å². The number of halogens is 3. The molecule has 88 valence electrons. The number of aliphatic imine (C=N–C) groups is 1. The minimum Gasteiger partial charge on any atom is -0.294 e. The lowest BCUT2D eigenvalue weighted by molar-refractivity contribution is -0.113. The van der Waals surface area contributed by atoms with Crippen molar-refractivity contribution in [1.29, 1.82) is 0 Å². The second-order valence-electron chi connectivity index (χ2n) is 3.70. The van der Waals surface area contributed by atoms with Gasteiger partial charge in [-0.3, -0.25) is 9.79 Å². The van der Waals surface area contributed by atoms with E-state index in [0.717, 1.165) is 11.8 Å². The highest BCUT2D eigenvalue weighted by Gasteiger charge is 2.35. The summed E-state index contributed by atoms with van der Waals surface area (Å²) in [5.41, 5.74) is 0.121. The van der Waals surface area contributed by atoms with Crippen molar-refractivity contribution >= 4 is 11.5 Å². The topological polar surface area (TPSA) is 29.4 Å². The number of nitrogens with zero attached hydrogens (tertiary/aromatic N) is 1. The number of hydrogen-bond acceptors (Lipinski definition) is 2. The molecule has 1 rings (SSSR count). The zero-order valence-electron chi connectivity index (χ0n) is 9.06. The van der Waals surface area contributed by atoms with Gasteiger partial charge in [0.15, 0.2) is 5.78 Å². The third-order valence-electron chi connectivity index (χ3n) is 2.25. The van der Waals surface area contributed by atoms with E-state index in [-0.39, 0.29) is 24.2 Å². The van der Waals surface area contributed by atoms with Gasteiger partial charge in [-0.1, -0.05) is 11.6 Å². The summed E-state index contributed by atoms with van der Waals surface area (Å²) in [6.07, 6.45) is -1.72. The predicted molar refractivity (Wildman–Crippen MR) is 55.2 cm³/mol. The summed E-state index contributed by atoms with van der Waals surface area (Å²) in [5, 5.41) is 0. The first kappa shape index (κ1) is 12.7. The minimum absolute atomic E-state index is 0.145. The lowest BCUT2D eigenvalue weighted by atomic mass is 10.0. The van der Waals surface area contributed by atoms with Crippen LogP contribution < -0.4 is 0 Å². The van der Waals surface area contributed by atoms with Crippen molar-refractivity contribution in [3.05, 3.63) is 23.4 Å². The van der Waals surface area contributed by atoms with Crippen LogP contribution in [0.15, 0.2) is 28.4 Å². The summed E-state index contributed by atoms with van der Waals surface area (Å²) in [7, 11) is 0. The summed E-state index contributed by atoms with van der Waals surface area (Å²) in [6, 6.07) is 0. The molecule has 0 aromatic rings. The number of carbonyl (C=O) groups is 1. The molecular formula is C11H12F3NO. The van der Waals surface area contributed by atoms with Gasteiger partial charge in [0.1, 0.15) is 5.71 Å². The zero-order valence-corrected chi connectivity index (χ0v) is 9.06. The highest BCUT2D eigenvalue weighted by atomic mass is 19.4. The Balaban J connectivity index is 3.10. The van der Waals surface area contributed by atoms with Gasteiger partial charge in [-0.05, 0) is 26.7 Å². The Morgan fingerprint density at radius 1 is 1.38 bits per heavy atom. The van der Waals surface area contributed by atoms with E-state index in [2.05, 4.69) is 4.99 Å². The van der Waals surface area contributed by atoms with Gasteiger partial charge >= 0.3 is 6.18 Å². The van der Waals surface area contributed by atoms with Crippen LogP contribution in [-0.4, -0.2) is 17.7 Å². The first-order chi connectivity index (χ1) is 7.30. The molecule has 0 amide bonds. The predicted octanol–water partition coefficient (Wildman–Crippen LogP) is 3.20. The Morgan fingerprint density at radius 3 is 2.50 bits per heavy atom. The molecule has 0 atom stereocenters. The van der Waals surface area contributed by atoms with Crippen molar-refractivity contribution in [3.8, 4) is 0 Å². The molecule has 0 radical (unpaired) electrons. The van der Waals surface area contributed by atoms with Crippen molar-refractivity contribution in [2.75, 3.05) is 0 Å². The van der Waals surface area contributed by atoms with Crippen molar-refractivity contribution in [2.45, 2.75) is 32.9 Å². The van der Waals surface area contributed by atoms with E-state index in [0.29, 0.717) is 0 Å². The molecule has 0 aromatic carbocycles. The van der Waals surface area contributed by atoms with Crippen LogP contribution in [-0.2, 0) is 4.79 Å². The van der Waals surface area contributed by atoms with Gasteiger partial charge in [-0.25, -0.2) is 0 Å². The lowest BCUT2D eigenvalue weighted by Gasteiger charge is -2.12. The average Bonchev–Trinajstić information content (AvgIpc) is 2.08. The maximum absolute atomic E-state index is 12.4. The number of Topliss-reactive ketones (excluding diaryl/α,β-unsaturated/α-hetero) is 1. The van der Waals surface area contributed by atoms with Gasteiger partial charge in [0, 0.05) is 11.8 Å². The molecule has 1 aliphatic rings. The fourth-order valence-electron chi connectivity index (χ4n) is 1.31. The minimum atomic E-state index is -4.42. The van der Waals surface area contributed by atoms with Crippen molar-refractivity contribution in [1.82, 2.24) is 0 Å². The van der Waals surface area contributed by atoms with Crippen LogP contribution in [0.25, 0.3) is 0 Å². The number of ketones is 1. The number of alkyl halides is 3. The molecule has 0 saturated carbocycles. The molecule has 0 aromatic heterocycles. The normalized spacial score (nSPS) is 17.9. The SMILES string of the molecule is CC(=O)C1=CN=C(C(F)(F)F)CCC(C)=C1. The van der Waals surface area contributed by atoms with Gasteiger partial charge < -0.3 is 0 Å². The monoisotopic (exact) mass is 231 g/mol. The Kier molecular flexibility index (Phi) is 3.67. The van der Waals surface area contributed by atoms with Crippen LogP contribution in [0, 0.1) is 0 Å². The maximum Gasteiger partial charge on any atom is 0.429 e. The maximum atomic E-state index is 12.4. The van der Waals surface area contributed by atoms with Gasteiger partial charge in [-0.2, -0.15) is 13.2 Å². The fourth-order valence-corrected chi connectivity index (χ4v) is 1.31. The number of carbonyl (C=O) groups excluding carboxylic acids is 1. The Hall–Kier alpha value is -1.39. The average molecular weight is 231 g/mol. The molecule has 0 spiro atoms. The summed E-state index contributed by atoms with van der Waals surface area (Å²) in [4.78, 5) is 14.5. The molecule has 5 heteroatoms.